The Labute approximate surface area is 217 Å². The molecule has 2 aromatic rings. The lowest BCUT2D eigenvalue weighted by molar-refractivity contribution is -0.143. The highest BCUT2D eigenvalue weighted by Gasteiger charge is 2.66. The van der Waals surface area contributed by atoms with Gasteiger partial charge in [0, 0.05) is 30.6 Å². The normalized spacial score (nSPS) is 23.8. The van der Waals surface area contributed by atoms with Gasteiger partial charge in [0.15, 0.2) is 5.54 Å². The average Bonchev–Trinajstić information content (AvgIpc) is 3.44. The Balaban J connectivity index is 1.73. The molecule has 1 saturated heterocycles. The van der Waals surface area contributed by atoms with Gasteiger partial charge < -0.3 is 24.5 Å². The van der Waals surface area contributed by atoms with Crippen molar-refractivity contribution < 1.29 is 24.2 Å². The van der Waals surface area contributed by atoms with Crippen molar-refractivity contribution in [1.82, 2.24) is 9.80 Å². The highest BCUT2D eigenvalue weighted by Crippen LogP contribution is 2.53. The first kappa shape index (κ1) is 25.0. The number of para-hydroxylation sites is 1. The number of likely N-dealkylation sites (tertiary alicyclic amines) is 1. The number of aliphatic hydroxyl groups is 1. The molecule has 2 amide bonds. The first-order valence-corrected chi connectivity index (χ1v) is 12.9. The Morgan fingerprint density at radius 1 is 1.14 bits per heavy atom. The van der Waals surface area contributed by atoms with Crippen LogP contribution >= 0.6 is 0 Å². The molecule has 1 fully saturated rings. The minimum absolute atomic E-state index is 0.0131. The van der Waals surface area contributed by atoms with Gasteiger partial charge in [-0.05, 0) is 70.2 Å². The molecular weight excluding hydrogens is 470 g/mol. The third-order valence-electron chi connectivity index (χ3n) is 7.41. The summed E-state index contributed by atoms with van der Waals surface area (Å²) in [5, 5.41) is 11.7. The number of hydrogen-bond donors (Lipinski definition) is 1. The van der Waals surface area contributed by atoms with E-state index >= 15 is 0 Å². The maximum absolute atomic E-state index is 14.4. The molecule has 1 spiro atoms. The zero-order valence-corrected chi connectivity index (χ0v) is 21.8. The molecule has 1 N–H and O–H groups in total. The van der Waals surface area contributed by atoms with Gasteiger partial charge in [0.1, 0.15) is 17.6 Å². The molecule has 3 aliphatic heterocycles. The predicted molar refractivity (Wildman–Crippen MR) is 140 cm³/mol. The number of anilines is 1. The number of Topliss-reactive ketones (excluding diaryl/α,β-unsaturated/α-hetero) is 1. The monoisotopic (exact) mass is 503 g/mol. The van der Waals surface area contributed by atoms with Crippen LogP contribution in [0.15, 0.2) is 48.0 Å². The van der Waals surface area contributed by atoms with E-state index in [0.717, 1.165) is 11.3 Å². The molecule has 8 nitrogen and oxygen atoms in total. The molecule has 3 heterocycles. The van der Waals surface area contributed by atoms with Gasteiger partial charge in [-0.25, -0.2) is 0 Å². The number of fused-ring (bicyclic) bond motifs is 3. The average molecular weight is 504 g/mol. The number of benzene rings is 2. The molecule has 2 atom stereocenters. The number of aliphatic hydroxyl groups excluding tert-OH is 1. The van der Waals surface area contributed by atoms with Crippen LogP contribution in [-0.2, 0) is 26.3 Å². The minimum atomic E-state index is -1.71. The van der Waals surface area contributed by atoms with Crippen molar-refractivity contribution >= 4 is 29.0 Å². The lowest BCUT2D eigenvalue weighted by atomic mass is 9.81. The summed E-state index contributed by atoms with van der Waals surface area (Å²) in [4.78, 5) is 46.6. The standard InChI is InChI=1S/C29H33N3O5/c1-5-13-31-22-10-7-6-9-21(22)29(28(31)36)24(26(34)27(35)32(29)15-8-14-30(3)4)25(33)19-11-12-23-20(17-19)16-18(2)37-23/h6-7,9-12,17-18,33H,5,8,13-16H2,1-4H3/b25-24+. The molecule has 0 radical (unpaired) electrons. The topological polar surface area (TPSA) is 90.4 Å². The number of ketones is 1. The third kappa shape index (κ3) is 3.73. The van der Waals surface area contributed by atoms with Crippen LogP contribution in [0.4, 0.5) is 5.69 Å². The van der Waals surface area contributed by atoms with Crippen LogP contribution in [-0.4, -0.2) is 72.3 Å². The number of hydrogen-bond acceptors (Lipinski definition) is 6. The summed E-state index contributed by atoms with van der Waals surface area (Å²) in [5.41, 5.74) is 0.649. The van der Waals surface area contributed by atoms with Crippen LogP contribution < -0.4 is 9.64 Å². The zero-order chi connectivity index (χ0) is 26.5. The van der Waals surface area contributed by atoms with Crippen LogP contribution in [0.1, 0.15) is 43.4 Å². The van der Waals surface area contributed by atoms with Crippen molar-refractivity contribution in [2.24, 2.45) is 0 Å². The second-order valence-electron chi connectivity index (χ2n) is 10.3. The summed E-state index contributed by atoms with van der Waals surface area (Å²) in [6.07, 6.45) is 1.96. The molecule has 5 rings (SSSR count). The number of carbonyl (C=O) groups is 3. The summed E-state index contributed by atoms with van der Waals surface area (Å²) < 4.78 is 5.79. The van der Waals surface area contributed by atoms with E-state index in [9.17, 15) is 19.5 Å². The molecule has 0 aromatic heterocycles. The summed E-state index contributed by atoms with van der Waals surface area (Å²) in [7, 11) is 3.86. The van der Waals surface area contributed by atoms with Crippen LogP contribution in [0.25, 0.3) is 5.76 Å². The van der Waals surface area contributed by atoms with Gasteiger partial charge in [0.25, 0.3) is 17.6 Å². The maximum atomic E-state index is 14.4. The second kappa shape index (κ2) is 9.34. The van der Waals surface area contributed by atoms with Crippen LogP contribution in [0.5, 0.6) is 5.75 Å². The van der Waals surface area contributed by atoms with Crippen molar-refractivity contribution in [2.75, 3.05) is 38.6 Å². The fraction of sp³-hybridized carbons (Fsp3) is 0.414. The lowest BCUT2D eigenvalue weighted by Crippen LogP contribution is -2.52. The van der Waals surface area contributed by atoms with Crippen LogP contribution in [0, 0.1) is 0 Å². The number of nitrogens with zero attached hydrogens (tertiary/aromatic N) is 3. The van der Waals surface area contributed by atoms with Gasteiger partial charge in [-0.3, -0.25) is 14.4 Å². The summed E-state index contributed by atoms with van der Waals surface area (Å²) >= 11 is 0. The largest absolute Gasteiger partial charge is 0.507 e. The highest BCUT2D eigenvalue weighted by molar-refractivity contribution is 6.50. The Hall–Kier alpha value is -3.65. The first-order chi connectivity index (χ1) is 17.7. The van der Waals surface area contributed by atoms with Crippen LogP contribution in [0.3, 0.4) is 0 Å². The number of carbonyl (C=O) groups excluding carboxylic acids is 3. The van der Waals surface area contributed by atoms with E-state index in [1.807, 2.05) is 45.0 Å². The zero-order valence-electron chi connectivity index (χ0n) is 21.8. The van der Waals surface area contributed by atoms with Crippen molar-refractivity contribution in [1.29, 1.82) is 0 Å². The molecule has 0 aliphatic carbocycles. The summed E-state index contributed by atoms with van der Waals surface area (Å²) in [5.74, 6) is -1.58. The Bertz CT molecular complexity index is 1320. The quantitative estimate of drug-likeness (QED) is 0.354. The molecule has 2 aromatic carbocycles. The van der Waals surface area contributed by atoms with E-state index in [1.165, 1.54) is 4.90 Å². The van der Waals surface area contributed by atoms with Gasteiger partial charge in [0.2, 0.25) is 0 Å². The molecule has 194 valence electrons. The molecule has 2 unspecified atom stereocenters. The predicted octanol–water partition coefficient (Wildman–Crippen LogP) is 3.29. The molecular formula is C29H33N3O5. The lowest BCUT2D eigenvalue weighted by Gasteiger charge is -2.34. The molecule has 3 aliphatic rings. The number of ether oxygens (including phenoxy) is 1. The fourth-order valence-corrected chi connectivity index (χ4v) is 5.87. The Morgan fingerprint density at radius 3 is 2.62 bits per heavy atom. The maximum Gasteiger partial charge on any atom is 0.296 e. The SMILES string of the molecule is CCCN1C(=O)C2(/C(=C(/O)c3ccc4c(c3)CC(C)O4)C(=O)C(=O)N2CCCN(C)C)c2ccccc21. The van der Waals surface area contributed by atoms with E-state index in [0.29, 0.717) is 49.2 Å². The van der Waals surface area contributed by atoms with Gasteiger partial charge in [0.05, 0.1) is 11.3 Å². The fourth-order valence-electron chi connectivity index (χ4n) is 5.87. The van der Waals surface area contributed by atoms with Gasteiger partial charge >= 0.3 is 0 Å². The third-order valence-corrected chi connectivity index (χ3v) is 7.41. The molecule has 8 heteroatoms. The summed E-state index contributed by atoms with van der Waals surface area (Å²) in [6.45, 7) is 5.26. The van der Waals surface area contributed by atoms with E-state index in [1.54, 1.807) is 35.2 Å². The van der Waals surface area contributed by atoms with Crippen molar-refractivity contribution in [3.05, 3.63) is 64.7 Å². The van der Waals surface area contributed by atoms with Gasteiger partial charge in [-0.15, -0.1) is 0 Å². The van der Waals surface area contributed by atoms with Crippen molar-refractivity contribution in [3.63, 3.8) is 0 Å². The van der Waals surface area contributed by atoms with Gasteiger partial charge in [-0.1, -0.05) is 25.1 Å². The number of amides is 2. The van der Waals surface area contributed by atoms with Crippen molar-refractivity contribution in [2.45, 2.75) is 44.8 Å². The Morgan fingerprint density at radius 2 is 1.89 bits per heavy atom. The van der Waals surface area contributed by atoms with E-state index in [4.69, 9.17) is 4.74 Å². The van der Waals surface area contributed by atoms with E-state index in [-0.39, 0.29) is 29.9 Å². The molecule has 0 saturated carbocycles. The Kier molecular flexibility index (Phi) is 6.31. The first-order valence-electron chi connectivity index (χ1n) is 12.9. The van der Waals surface area contributed by atoms with E-state index in [2.05, 4.69) is 0 Å². The molecule has 37 heavy (non-hydrogen) atoms. The molecule has 0 bridgehead atoms. The van der Waals surface area contributed by atoms with Gasteiger partial charge in [-0.2, -0.15) is 0 Å². The second-order valence-corrected chi connectivity index (χ2v) is 10.3. The highest BCUT2D eigenvalue weighted by atomic mass is 16.5. The number of rotatable bonds is 7. The van der Waals surface area contributed by atoms with E-state index < -0.39 is 17.2 Å². The van der Waals surface area contributed by atoms with Crippen LogP contribution in [0.2, 0.25) is 0 Å². The smallest absolute Gasteiger partial charge is 0.296 e. The summed E-state index contributed by atoms with van der Waals surface area (Å²) in [6, 6.07) is 12.5. The van der Waals surface area contributed by atoms with Crippen molar-refractivity contribution in [3.8, 4) is 5.75 Å². The minimum Gasteiger partial charge on any atom is -0.507 e.